The van der Waals surface area contributed by atoms with E-state index in [9.17, 15) is 19.2 Å². The average molecular weight is 1190 g/mol. The summed E-state index contributed by atoms with van der Waals surface area (Å²) in [5, 5.41) is 16.5. The number of ketones is 1. The van der Waals surface area contributed by atoms with Crippen LogP contribution in [0.4, 0.5) is 0 Å². The van der Waals surface area contributed by atoms with Crippen molar-refractivity contribution >= 4 is 147 Å². The van der Waals surface area contributed by atoms with Gasteiger partial charge in [0.2, 0.25) is 5.78 Å². The van der Waals surface area contributed by atoms with Crippen LogP contribution in [0.3, 0.4) is 0 Å². The molecule has 0 aliphatic rings. The molecule has 0 aliphatic carbocycles. The van der Waals surface area contributed by atoms with Crippen molar-refractivity contribution in [3.8, 4) is 0 Å². The van der Waals surface area contributed by atoms with E-state index in [1.807, 2.05) is 33.8 Å². The van der Waals surface area contributed by atoms with Crippen LogP contribution >= 0.6 is 112 Å². The molecule has 0 amide bonds. The van der Waals surface area contributed by atoms with E-state index in [4.69, 9.17) is 34.8 Å². The molecule has 0 atom stereocenters. The van der Waals surface area contributed by atoms with Gasteiger partial charge in [-0.1, -0.05) is 71.5 Å². The first-order valence-corrected chi connectivity index (χ1v) is 22.1. The Labute approximate surface area is 363 Å². The highest BCUT2D eigenvalue weighted by Crippen LogP contribution is 2.27. The normalized spacial score (nSPS) is 9.71. The number of carbonyl (C=O) groups is 4. The van der Waals surface area contributed by atoms with Crippen molar-refractivity contribution in [1.29, 1.82) is 0 Å². The molecule has 5 heterocycles. The highest BCUT2D eigenvalue weighted by molar-refractivity contribution is 15.0. The molecule has 5 aromatic rings. The summed E-state index contributed by atoms with van der Waals surface area (Å²) in [6.45, 7) is 8.00. The molecule has 0 unspecified atom stereocenters. The summed E-state index contributed by atoms with van der Waals surface area (Å²) in [5.74, 6) is -2.35. The molecule has 0 saturated carbocycles. The van der Waals surface area contributed by atoms with Crippen molar-refractivity contribution in [2.24, 2.45) is 0 Å². The molecular formula is C29H35BrCl3I3N8O8. The Morgan fingerprint density at radius 2 is 1.33 bits per heavy atom. The largest absolute Gasteiger partial charge is 0.464 e. The van der Waals surface area contributed by atoms with E-state index in [2.05, 4.69) is 97.7 Å². The van der Waals surface area contributed by atoms with Crippen LogP contribution in [0.15, 0.2) is 42.7 Å². The van der Waals surface area contributed by atoms with Gasteiger partial charge in [-0.25, -0.2) is 33.4 Å². The van der Waals surface area contributed by atoms with Gasteiger partial charge in [0.05, 0.1) is 44.7 Å². The number of ether oxygens (including phenoxy) is 3. The number of fused-ring (bicyclic) bond motifs is 2. The molecule has 0 spiro atoms. The molecular weight excluding hydrogens is 1160 g/mol. The number of esters is 3. The minimum absolute atomic E-state index is 0. The lowest BCUT2D eigenvalue weighted by Crippen LogP contribution is -2.15. The lowest BCUT2D eigenvalue weighted by Gasteiger charge is -2.19. The maximum atomic E-state index is 11.5. The van der Waals surface area contributed by atoms with Crippen LogP contribution < -0.4 is 0 Å². The maximum absolute atomic E-state index is 11.5. The molecule has 5 aromatic heterocycles. The molecule has 288 valence electrons. The summed E-state index contributed by atoms with van der Waals surface area (Å²) in [6, 6.07) is 8.57. The van der Waals surface area contributed by atoms with Gasteiger partial charge >= 0.3 is 17.9 Å². The van der Waals surface area contributed by atoms with Crippen LogP contribution in [0.2, 0.25) is 15.5 Å². The van der Waals surface area contributed by atoms with Gasteiger partial charge in [0.15, 0.2) is 27.8 Å². The molecule has 23 heteroatoms. The predicted molar refractivity (Wildman–Crippen MR) is 229 cm³/mol. The summed E-state index contributed by atoms with van der Waals surface area (Å²) in [6.07, 6.45) is 2.98. The number of halogens is 7. The van der Waals surface area contributed by atoms with E-state index < -0.39 is 23.7 Å². The lowest BCUT2D eigenvalue weighted by molar-refractivity contribution is -0.150. The van der Waals surface area contributed by atoms with E-state index in [0.29, 0.717) is 26.8 Å². The molecule has 52 heavy (non-hydrogen) atoms. The zero-order chi connectivity index (χ0) is 38.2. The standard InChI is InChI=1S/C12H14ClN3O2.C8H6ClN3O2.C5H5ClN2.C4H5BrO3.I2.HI.H2O.H2/c1-12(2,3)7-5-9(13)15-16-6-8(11(17)18-4)14-10(7)16;1-14-8(13)5-4-12-7(10-5)3-2-6(9)11-12;1-4-2-3-5(6)8-7-4;1-8-4(7)3(6)2-5;1-2;;;/h5-6H,1-4H3;2-4H,1H3;2-3H,1H3;2H2,1H3;;1H;1H2;1H. The number of hydrogen-bond acceptors (Lipinski definition) is 13. The number of carbonyl (C=O) groups excluding carboxylic acids is 4. The topological polar surface area (TPSA) is 214 Å². The first-order valence-electron chi connectivity index (χ1n) is 13.6. The monoisotopic (exact) mass is 1190 g/mol. The fraction of sp³-hybridized carbons (Fsp3) is 0.310. The third-order valence-electron chi connectivity index (χ3n) is 5.58. The van der Waals surface area contributed by atoms with Crippen LogP contribution in [-0.4, -0.2) is 95.2 Å². The third-order valence-corrected chi connectivity index (χ3v) is 6.68. The molecule has 2 N–H and O–H groups in total. The van der Waals surface area contributed by atoms with Gasteiger partial charge in [0.25, 0.3) is 0 Å². The summed E-state index contributed by atoms with van der Waals surface area (Å²) >= 11 is 24.1. The molecule has 5 rings (SSSR count). The Kier molecular flexibility index (Phi) is 25.8. The van der Waals surface area contributed by atoms with E-state index in [-0.39, 0.29) is 53.0 Å². The van der Waals surface area contributed by atoms with Gasteiger partial charge in [0.1, 0.15) is 10.3 Å². The van der Waals surface area contributed by atoms with Gasteiger partial charge in [0, 0.05) is 44.2 Å². The summed E-state index contributed by atoms with van der Waals surface area (Å²) < 4.78 is 16.2. The fourth-order valence-corrected chi connectivity index (χ4v) is 3.98. The Balaban J connectivity index is -0.000000640. The number of imidazole rings is 2. The van der Waals surface area contributed by atoms with Crippen LogP contribution in [0.1, 0.15) is 54.4 Å². The number of rotatable bonds is 4. The Bertz CT molecular complexity index is 1890. The molecule has 0 fully saturated rings. The molecule has 0 radical (unpaired) electrons. The second-order valence-corrected chi connectivity index (χ2v) is 11.9. The smallest absolute Gasteiger partial charge is 0.375 e. The number of aromatic nitrogens is 8. The van der Waals surface area contributed by atoms with Crippen LogP contribution in [0.5, 0.6) is 0 Å². The highest BCUT2D eigenvalue weighted by Gasteiger charge is 2.22. The zero-order valence-corrected chi connectivity index (χ0v) is 38.9. The van der Waals surface area contributed by atoms with Gasteiger partial charge in [-0.3, -0.25) is 4.79 Å². The highest BCUT2D eigenvalue weighted by atomic mass is 128. The minimum atomic E-state index is -0.804. The number of methoxy groups -OCH3 is 3. The van der Waals surface area contributed by atoms with E-state index in [1.165, 1.54) is 42.8 Å². The van der Waals surface area contributed by atoms with Crippen molar-refractivity contribution in [2.45, 2.75) is 33.1 Å². The Hall–Kier alpha value is -2.10. The van der Waals surface area contributed by atoms with Crippen LogP contribution in [0, 0.1) is 6.92 Å². The molecule has 16 nitrogen and oxygen atoms in total. The van der Waals surface area contributed by atoms with Gasteiger partial charge in [-0.15, -0.1) is 29.1 Å². The fourth-order valence-electron chi connectivity index (χ4n) is 3.31. The molecule has 0 bridgehead atoms. The summed E-state index contributed by atoms with van der Waals surface area (Å²) in [4.78, 5) is 51.2. The second-order valence-electron chi connectivity index (χ2n) is 10.1. The average Bonchev–Trinajstić information content (AvgIpc) is 3.73. The van der Waals surface area contributed by atoms with Crippen molar-refractivity contribution in [2.75, 3.05) is 26.7 Å². The Morgan fingerprint density at radius 1 is 0.808 bits per heavy atom. The molecule has 0 aromatic carbocycles. The second kappa shape index (κ2) is 25.8. The number of Topliss-reactive ketones (excluding diaryl/α,β-unsaturated/α-hetero) is 1. The minimum Gasteiger partial charge on any atom is -0.464 e. The van der Waals surface area contributed by atoms with Gasteiger partial charge in [-0.05, 0) is 42.7 Å². The van der Waals surface area contributed by atoms with Crippen LogP contribution in [-0.2, 0) is 29.2 Å². The molecule has 0 aliphatic heterocycles. The first-order chi connectivity index (χ1) is 23.5. The molecule has 0 saturated heterocycles. The summed E-state index contributed by atoms with van der Waals surface area (Å²) in [7, 11) is 3.78. The SMILES string of the molecule is COC(=O)C(=O)CBr.COC(=O)c1cn2nc(Cl)cc(C(C)(C)C)c2n1.COC(=O)c1cn2nc(Cl)ccc2n1.Cc1ccc(Cl)nn1.I.II.O.[HH]. The summed E-state index contributed by atoms with van der Waals surface area (Å²) in [5.41, 5.74) is 3.27. The van der Waals surface area contributed by atoms with Crippen molar-refractivity contribution < 1.29 is 40.3 Å². The number of alkyl halides is 1. The quantitative estimate of drug-likeness (QED) is 0.0583. The van der Waals surface area contributed by atoms with Crippen LogP contribution in [0.25, 0.3) is 11.3 Å². The van der Waals surface area contributed by atoms with Crippen molar-refractivity contribution in [3.63, 3.8) is 0 Å². The lowest BCUT2D eigenvalue weighted by atomic mass is 9.88. The first kappa shape index (κ1) is 52.0. The van der Waals surface area contributed by atoms with E-state index in [1.54, 1.807) is 24.3 Å². The Morgan fingerprint density at radius 3 is 1.77 bits per heavy atom. The maximum Gasteiger partial charge on any atom is 0.375 e. The third kappa shape index (κ3) is 16.9. The van der Waals surface area contributed by atoms with E-state index in [0.717, 1.165) is 11.3 Å². The predicted octanol–water partition coefficient (Wildman–Crippen LogP) is 7.01. The van der Waals surface area contributed by atoms with Gasteiger partial charge < -0.3 is 19.7 Å². The zero-order valence-electron chi connectivity index (χ0n) is 28.4. The number of nitrogens with zero attached hydrogens (tertiary/aromatic N) is 8. The van der Waals surface area contributed by atoms with Crippen molar-refractivity contribution in [3.05, 3.63) is 80.8 Å². The van der Waals surface area contributed by atoms with E-state index >= 15 is 0 Å². The number of hydrogen-bond donors (Lipinski definition) is 0. The van der Waals surface area contributed by atoms with Gasteiger partial charge in [-0.2, -0.15) is 15.3 Å². The number of aryl methyl sites for hydroxylation is 1. The van der Waals surface area contributed by atoms with Crippen molar-refractivity contribution in [1.82, 2.24) is 39.4 Å².